The van der Waals surface area contributed by atoms with Gasteiger partial charge < -0.3 is 9.84 Å². The standard InChI is InChI=1S/C23H22O6S/c1-17-12-14-20(15-13-17)30(26,27)28-16-21(24)22(18-8-4-2-5-9-18)29-23(25)19-10-6-3-7-11-19/h2-15,21-22,24H,16H2,1H3/t21-,22+/m1/s1. The molecule has 3 aromatic carbocycles. The lowest BCUT2D eigenvalue weighted by atomic mass is 10.0. The maximum atomic E-state index is 12.5. The zero-order chi connectivity index (χ0) is 21.6. The smallest absolute Gasteiger partial charge is 0.338 e. The van der Waals surface area contributed by atoms with Gasteiger partial charge in [-0.05, 0) is 36.8 Å². The van der Waals surface area contributed by atoms with Gasteiger partial charge in [0.15, 0.2) is 6.10 Å². The van der Waals surface area contributed by atoms with Crippen LogP contribution in [0.2, 0.25) is 0 Å². The Hall–Kier alpha value is -3.00. The predicted octanol–water partition coefficient (Wildman–Crippen LogP) is 3.66. The van der Waals surface area contributed by atoms with Crippen LogP contribution in [0.25, 0.3) is 0 Å². The van der Waals surface area contributed by atoms with E-state index in [9.17, 15) is 18.3 Å². The number of ether oxygens (including phenoxy) is 1. The maximum Gasteiger partial charge on any atom is 0.338 e. The third-order valence-electron chi connectivity index (χ3n) is 4.42. The first-order valence-corrected chi connectivity index (χ1v) is 10.7. The maximum absolute atomic E-state index is 12.5. The molecule has 3 rings (SSSR count). The Morgan fingerprint density at radius 1 is 0.900 bits per heavy atom. The van der Waals surface area contributed by atoms with Crippen LogP contribution in [-0.4, -0.2) is 32.2 Å². The van der Waals surface area contributed by atoms with E-state index >= 15 is 0 Å². The van der Waals surface area contributed by atoms with Crippen molar-refractivity contribution in [1.82, 2.24) is 0 Å². The molecule has 1 N–H and O–H groups in total. The van der Waals surface area contributed by atoms with Crippen molar-refractivity contribution < 1.29 is 27.2 Å². The molecule has 0 bridgehead atoms. The van der Waals surface area contributed by atoms with Gasteiger partial charge in [-0.2, -0.15) is 8.42 Å². The normalized spacial score (nSPS) is 13.4. The lowest BCUT2D eigenvalue weighted by Crippen LogP contribution is -2.29. The van der Waals surface area contributed by atoms with E-state index in [1.54, 1.807) is 72.8 Å². The van der Waals surface area contributed by atoms with E-state index in [-0.39, 0.29) is 4.90 Å². The summed E-state index contributed by atoms with van der Waals surface area (Å²) in [6.45, 7) is 1.27. The van der Waals surface area contributed by atoms with Gasteiger partial charge in [-0.3, -0.25) is 4.18 Å². The first kappa shape index (κ1) is 21.7. The van der Waals surface area contributed by atoms with Crippen LogP contribution < -0.4 is 0 Å². The van der Waals surface area contributed by atoms with Crippen molar-refractivity contribution in [2.75, 3.05) is 6.61 Å². The van der Waals surface area contributed by atoms with E-state index in [0.29, 0.717) is 11.1 Å². The summed E-state index contributed by atoms with van der Waals surface area (Å²) in [5.74, 6) is -0.634. The average Bonchev–Trinajstić information content (AvgIpc) is 2.77. The molecular formula is C23H22O6S. The number of rotatable bonds is 8. The number of aliphatic hydroxyl groups excluding tert-OH is 1. The molecule has 0 heterocycles. The largest absolute Gasteiger partial charge is 0.451 e. The highest BCUT2D eigenvalue weighted by Crippen LogP contribution is 2.24. The molecule has 0 saturated carbocycles. The number of benzene rings is 3. The molecule has 0 aromatic heterocycles. The molecule has 156 valence electrons. The van der Waals surface area contributed by atoms with Crippen molar-refractivity contribution >= 4 is 16.1 Å². The van der Waals surface area contributed by atoms with Crippen molar-refractivity contribution in [3.63, 3.8) is 0 Å². The number of carbonyl (C=O) groups excluding carboxylic acids is 1. The van der Waals surface area contributed by atoms with Crippen LogP contribution in [0.3, 0.4) is 0 Å². The van der Waals surface area contributed by atoms with Crippen molar-refractivity contribution in [2.24, 2.45) is 0 Å². The number of hydrogen-bond donors (Lipinski definition) is 1. The first-order chi connectivity index (χ1) is 14.4. The Kier molecular flexibility index (Phi) is 6.99. The van der Waals surface area contributed by atoms with E-state index < -0.39 is 34.9 Å². The van der Waals surface area contributed by atoms with Crippen molar-refractivity contribution in [2.45, 2.75) is 24.0 Å². The number of hydrogen-bond acceptors (Lipinski definition) is 6. The fourth-order valence-electron chi connectivity index (χ4n) is 2.79. The third-order valence-corrected chi connectivity index (χ3v) is 5.72. The molecule has 0 aliphatic heterocycles. The lowest BCUT2D eigenvalue weighted by molar-refractivity contribution is -0.0338. The zero-order valence-corrected chi connectivity index (χ0v) is 17.2. The molecule has 3 aromatic rings. The summed E-state index contributed by atoms with van der Waals surface area (Å²) >= 11 is 0. The van der Waals surface area contributed by atoms with Gasteiger partial charge in [0.1, 0.15) is 6.10 Å². The summed E-state index contributed by atoms with van der Waals surface area (Å²) in [6, 6.07) is 23.1. The second-order valence-corrected chi connectivity index (χ2v) is 8.34. The molecule has 0 amide bonds. The van der Waals surface area contributed by atoms with Crippen LogP contribution in [0.5, 0.6) is 0 Å². The SMILES string of the molecule is Cc1ccc(S(=O)(=O)OC[C@@H](O)[C@@H](OC(=O)c2ccccc2)c2ccccc2)cc1. The minimum atomic E-state index is -4.07. The van der Waals surface area contributed by atoms with E-state index in [1.165, 1.54) is 12.1 Å². The Balaban J connectivity index is 1.76. The van der Waals surface area contributed by atoms with Gasteiger partial charge in [0.05, 0.1) is 17.1 Å². The average molecular weight is 426 g/mol. The van der Waals surface area contributed by atoms with E-state index in [2.05, 4.69) is 0 Å². The van der Waals surface area contributed by atoms with Crippen LogP contribution in [0.4, 0.5) is 0 Å². The minimum Gasteiger partial charge on any atom is -0.451 e. The molecule has 7 heteroatoms. The zero-order valence-electron chi connectivity index (χ0n) is 16.3. The van der Waals surface area contributed by atoms with Crippen LogP contribution in [0.15, 0.2) is 89.8 Å². The molecule has 0 saturated heterocycles. The lowest BCUT2D eigenvalue weighted by Gasteiger charge is -2.23. The number of aryl methyl sites for hydroxylation is 1. The Morgan fingerprint density at radius 2 is 1.47 bits per heavy atom. The summed E-state index contributed by atoms with van der Waals surface area (Å²) in [7, 11) is -4.07. The molecular weight excluding hydrogens is 404 g/mol. The van der Waals surface area contributed by atoms with E-state index in [4.69, 9.17) is 8.92 Å². The molecule has 0 radical (unpaired) electrons. The second kappa shape index (κ2) is 9.67. The quantitative estimate of drug-likeness (QED) is 0.437. The van der Waals surface area contributed by atoms with Crippen LogP contribution in [-0.2, 0) is 19.0 Å². The molecule has 0 aliphatic rings. The Bertz CT molecular complexity index is 1060. The van der Waals surface area contributed by atoms with Gasteiger partial charge >= 0.3 is 5.97 Å². The minimum absolute atomic E-state index is 0.0159. The van der Waals surface area contributed by atoms with Crippen molar-refractivity contribution in [3.05, 3.63) is 102 Å². The Labute approximate surface area is 175 Å². The monoisotopic (exact) mass is 426 g/mol. The fraction of sp³-hybridized carbons (Fsp3) is 0.174. The second-order valence-electron chi connectivity index (χ2n) is 6.72. The summed E-state index contributed by atoms with van der Waals surface area (Å²) in [5.41, 5.74) is 1.75. The summed E-state index contributed by atoms with van der Waals surface area (Å²) < 4.78 is 35.4. The number of carbonyl (C=O) groups is 1. The van der Waals surface area contributed by atoms with Crippen molar-refractivity contribution in [1.29, 1.82) is 0 Å². The molecule has 0 aliphatic carbocycles. The van der Waals surface area contributed by atoms with Crippen LogP contribution >= 0.6 is 0 Å². The predicted molar refractivity (Wildman–Crippen MR) is 111 cm³/mol. The van der Waals surface area contributed by atoms with Gasteiger partial charge in [0, 0.05) is 0 Å². The number of aliphatic hydroxyl groups is 1. The summed E-state index contributed by atoms with van der Waals surface area (Å²) in [4.78, 5) is 12.5. The third kappa shape index (κ3) is 5.54. The van der Waals surface area contributed by atoms with Crippen molar-refractivity contribution in [3.8, 4) is 0 Å². The Morgan fingerprint density at radius 3 is 2.07 bits per heavy atom. The van der Waals surface area contributed by atoms with Gasteiger partial charge in [-0.1, -0.05) is 66.2 Å². The highest BCUT2D eigenvalue weighted by atomic mass is 32.2. The van der Waals surface area contributed by atoms with Gasteiger partial charge in [-0.25, -0.2) is 4.79 Å². The molecule has 6 nitrogen and oxygen atoms in total. The van der Waals surface area contributed by atoms with Gasteiger partial charge in [0.2, 0.25) is 0 Å². The van der Waals surface area contributed by atoms with Gasteiger partial charge in [-0.15, -0.1) is 0 Å². The number of esters is 1. The first-order valence-electron chi connectivity index (χ1n) is 9.32. The molecule has 0 spiro atoms. The summed E-state index contributed by atoms with van der Waals surface area (Å²) in [5, 5.41) is 10.6. The van der Waals surface area contributed by atoms with E-state index in [0.717, 1.165) is 5.56 Å². The topological polar surface area (TPSA) is 89.9 Å². The molecule has 0 unspecified atom stereocenters. The van der Waals surface area contributed by atoms with Crippen LogP contribution in [0.1, 0.15) is 27.6 Å². The summed E-state index contributed by atoms with van der Waals surface area (Å²) in [6.07, 6.45) is -2.51. The van der Waals surface area contributed by atoms with Gasteiger partial charge in [0.25, 0.3) is 10.1 Å². The fourth-order valence-corrected chi connectivity index (χ4v) is 3.71. The molecule has 0 fully saturated rings. The highest BCUT2D eigenvalue weighted by Gasteiger charge is 2.28. The van der Waals surface area contributed by atoms with E-state index in [1.807, 2.05) is 6.92 Å². The highest BCUT2D eigenvalue weighted by molar-refractivity contribution is 7.86. The molecule has 2 atom stereocenters. The van der Waals surface area contributed by atoms with Crippen LogP contribution in [0, 0.1) is 6.92 Å². The molecule has 30 heavy (non-hydrogen) atoms.